The molecule has 1 N–H and O–H groups in total. The first kappa shape index (κ1) is 14.2. The highest BCUT2D eigenvalue weighted by molar-refractivity contribution is 6.31. The zero-order valence-corrected chi connectivity index (χ0v) is 13.0. The third-order valence-electron chi connectivity index (χ3n) is 4.10. The number of nitrogens with zero attached hydrogens (tertiary/aromatic N) is 2. The van der Waals surface area contributed by atoms with Crippen LogP contribution in [-0.2, 0) is 0 Å². The fraction of sp³-hybridized carbons (Fsp3) is 0.353. The summed E-state index contributed by atoms with van der Waals surface area (Å²) in [5.74, 6) is 1.08. The summed E-state index contributed by atoms with van der Waals surface area (Å²) in [5, 5.41) is 4.46. The van der Waals surface area contributed by atoms with Crippen LogP contribution in [0.3, 0.4) is 0 Å². The number of nitrogens with one attached hydrogen (secondary N) is 1. The molecule has 0 amide bonds. The Balaban J connectivity index is 1.60. The lowest BCUT2D eigenvalue weighted by Gasteiger charge is -2.34. The Morgan fingerprint density at radius 1 is 1.14 bits per heavy atom. The molecule has 0 radical (unpaired) electrons. The standard InChI is InChI=1S/C17H20ClN3/c1-13-15(18)5-4-6-16(13)20-14-8-11-21(12-9-14)17-7-2-3-10-19-17/h2-7,10,14,20H,8-9,11-12H2,1H3. The van der Waals surface area contributed by atoms with E-state index in [-0.39, 0.29) is 0 Å². The summed E-state index contributed by atoms with van der Waals surface area (Å²) in [6.07, 6.45) is 4.08. The summed E-state index contributed by atoms with van der Waals surface area (Å²) in [5.41, 5.74) is 2.28. The van der Waals surface area contributed by atoms with E-state index < -0.39 is 0 Å². The van der Waals surface area contributed by atoms with Crippen LogP contribution in [0.4, 0.5) is 11.5 Å². The van der Waals surface area contributed by atoms with Crippen LogP contribution in [0.1, 0.15) is 18.4 Å². The predicted octanol–water partition coefficient (Wildman–Crippen LogP) is 4.12. The minimum absolute atomic E-state index is 0.502. The van der Waals surface area contributed by atoms with E-state index >= 15 is 0 Å². The molecule has 1 aromatic heterocycles. The van der Waals surface area contributed by atoms with Gasteiger partial charge in [-0.25, -0.2) is 4.98 Å². The molecule has 3 rings (SSSR count). The average Bonchev–Trinajstić information content (AvgIpc) is 2.53. The van der Waals surface area contributed by atoms with Crippen molar-refractivity contribution in [2.24, 2.45) is 0 Å². The lowest BCUT2D eigenvalue weighted by atomic mass is 10.0. The van der Waals surface area contributed by atoms with Crippen molar-refractivity contribution in [3.8, 4) is 0 Å². The minimum atomic E-state index is 0.502. The third-order valence-corrected chi connectivity index (χ3v) is 4.51. The number of rotatable bonds is 3. The molecule has 1 saturated heterocycles. The number of halogens is 1. The number of benzene rings is 1. The van der Waals surface area contributed by atoms with Crippen LogP contribution in [0.15, 0.2) is 42.6 Å². The number of pyridine rings is 1. The van der Waals surface area contributed by atoms with E-state index in [1.54, 1.807) is 0 Å². The first-order valence-corrected chi connectivity index (χ1v) is 7.79. The van der Waals surface area contributed by atoms with Crippen LogP contribution >= 0.6 is 11.6 Å². The van der Waals surface area contributed by atoms with Crippen LogP contribution < -0.4 is 10.2 Å². The van der Waals surface area contributed by atoms with Gasteiger partial charge in [0, 0.05) is 36.0 Å². The third kappa shape index (κ3) is 3.30. The van der Waals surface area contributed by atoms with Gasteiger partial charge in [-0.15, -0.1) is 0 Å². The predicted molar refractivity (Wildman–Crippen MR) is 89.3 cm³/mol. The van der Waals surface area contributed by atoms with E-state index in [0.29, 0.717) is 6.04 Å². The Hall–Kier alpha value is -1.74. The Morgan fingerprint density at radius 2 is 1.95 bits per heavy atom. The summed E-state index contributed by atoms with van der Waals surface area (Å²) < 4.78 is 0. The normalized spacial score (nSPS) is 16.0. The molecule has 1 aromatic carbocycles. The van der Waals surface area contributed by atoms with Crippen molar-refractivity contribution in [3.05, 3.63) is 53.2 Å². The molecule has 2 aromatic rings. The van der Waals surface area contributed by atoms with Crippen molar-refractivity contribution in [2.75, 3.05) is 23.3 Å². The second kappa shape index (κ2) is 6.35. The zero-order valence-electron chi connectivity index (χ0n) is 12.2. The molecule has 1 fully saturated rings. The van der Waals surface area contributed by atoms with Crippen LogP contribution in [-0.4, -0.2) is 24.1 Å². The first-order chi connectivity index (χ1) is 10.2. The van der Waals surface area contributed by atoms with Gasteiger partial charge < -0.3 is 10.2 Å². The van der Waals surface area contributed by atoms with Gasteiger partial charge in [-0.3, -0.25) is 0 Å². The second-order valence-corrected chi connectivity index (χ2v) is 5.91. The Labute approximate surface area is 131 Å². The SMILES string of the molecule is Cc1c(Cl)cccc1NC1CCN(c2ccccn2)CC1. The van der Waals surface area contributed by atoms with Crippen molar-refractivity contribution < 1.29 is 0 Å². The van der Waals surface area contributed by atoms with E-state index in [0.717, 1.165) is 48.0 Å². The number of aromatic nitrogens is 1. The maximum absolute atomic E-state index is 6.18. The number of anilines is 2. The molecular weight excluding hydrogens is 282 g/mol. The molecule has 110 valence electrons. The van der Waals surface area contributed by atoms with Crippen LogP contribution in [0.25, 0.3) is 0 Å². The highest BCUT2D eigenvalue weighted by Gasteiger charge is 2.20. The molecule has 0 saturated carbocycles. The van der Waals surface area contributed by atoms with E-state index in [1.807, 2.05) is 30.5 Å². The fourth-order valence-electron chi connectivity index (χ4n) is 2.78. The maximum Gasteiger partial charge on any atom is 0.128 e. The van der Waals surface area contributed by atoms with Crippen LogP contribution in [0.5, 0.6) is 0 Å². The quantitative estimate of drug-likeness (QED) is 0.924. The Bertz CT molecular complexity index is 592. The van der Waals surface area contributed by atoms with E-state index in [9.17, 15) is 0 Å². The summed E-state index contributed by atoms with van der Waals surface area (Å²) in [6.45, 7) is 4.14. The van der Waals surface area contributed by atoms with Gasteiger partial charge in [0.25, 0.3) is 0 Å². The van der Waals surface area contributed by atoms with Crippen molar-refractivity contribution >= 4 is 23.1 Å². The van der Waals surface area contributed by atoms with Gasteiger partial charge in [-0.05, 0) is 49.6 Å². The molecule has 21 heavy (non-hydrogen) atoms. The van der Waals surface area contributed by atoms with Gasteiger partial charge in [0.15, 0.2) is 0 Å². The summed E-state index contributed by atoms with van der Waals surface area (Å²) in [7, 11) is 0. The summed E-state index contributed by atoms with van der Waals surface area (Å²) in [4.78, 5) is 6.78. The van der Waals surface area contributed by atoms with Gasteiger partial charge in [-0.2, -0.15) is 0 Å². The number of piperidine rings is 1. The Morgan fingerprint density at radius 3 is 2.67 bits per heavy atom. The smallest absolute Gasteiger partial charge is 0.128 e. The number of hydrogen-bond acceptors (Lipinski definition) is 3. The molecule has 0 atom stereocenters. The molecule has 0 unspecified atom stereocenters. The second-order valence-electron chi connectivity index (χ2n) is 5.51. The molecule has 2 heterocycles. The highest BCUT2D eigenvalue weighted by atomic mass is 35.5. The lowest BCUT2D eigenvalue weighted by molar-refractivity contribution is 0.523. The molecule has 4 heteroatoms. The number of hydrogen-bond donors (Lipinski definition) is 1. The average molecular weight is 302 g/mol. The van der Waals surface area contributed by atoms with Crippen molar-refractivity contribution in [1.82, 2.24) is 4.98 Å². The van der Waals surface area contributed by atoms with Gasteiger partial charge >= 0.3 is 0 Å². The first-order valence-electron chi connectivity index (χ1n) is 7.41. The van der Waals surface area contributed by atoms with E-state index in [4.69, 9.17) is 11.6 Å². The van der Waals surface area contributed by atoms with Crippen molar-refractivity contribution in [2.45, 2.75) is 25.8 Å². The highest BCUT2D eigenvalue weighted by Crippen LogP contribution is 2.26. The molecule has 0 bridgehead atoms. The largest absolute Gasteiger partial charge is 0.382 e. The van der Waals surface area contributed by atoms with Crippen molar-refractivity contribution in [3.63, 3.8) is 0 Å². The van der Waals surface area contributed by atoms with Gasteiger partial charge in [-0.1, -0.05) is 23.7 Å². The molecule has 1 aliphatic heterocycles. The molecular formula is C17H20ClN3. The monoisotopic (exact) mass is 301 g/mol. The van der Waals surface area contributed by atoms with E-state index in [1.165, 1.54) is 0 Å². The maximum atomic E-state index is 6.18. The topological polar surface area (TPSA) is 28.2 Å². The fourth-order valence-corrected chi connectivity index (χ4v) is 2.95. The summed E-state index contributed by atoms with van der Waals surface area (Å²) >= 11 is 6.18. The van der Waals surface area contributed by atoms with Crippen molar-refractivity contribution in [1.29, 1.82) is 0 Å². The van der Waals surface area contributed by atoms with Crippen LogP contribution in [0, 0.1) is 6.92 Å². The molecule has 3 nitrogen and oxygen atoms in total. The molecule has 0 spiro atoms. The molecule has 1 aliphatic rings. The molecule has 0 aliphatic carbocycles. The zero-order chi connectivity index (χ0) is 14.7. The van der Waals surface area contributed by atoms with Gasteiger partial charge in [0.1, 0.15) is 5.82 Å². The Kier molecular flexibility index (Phi) is 4.30. The van der Waals surface area contributed by atoms with E-state index in [2.05, 4.69) is 34.3 Å². The lowest BCUT2D eigenvalue weighted by Crippen LogP contribution is -2.39. The minimum Gasteiger partial charge on any atom is -0.382 e. The van der Waals surface area contributed by atoms with Crippen LogP contribution in [0.2, 0.25) is 5.02 Å². The van der Waals surface area contributed by atoms with Gasteiger partial charge in [0.2, 0.25) is 0 Å². The summed E-state index contributed by atoms with van der Waals surface area (Å²) in [6, 6.07) is 12.6. The van der Waals surface area contributed by atoms with Gasteiger partial charge in [0.05, 0.1) is 0 Å².